The fraction of sp³-hybridized carbons (Fsp3) is 0.615. The molecule has 1 atom stereocenters. The zero-order chi connectivity index (χ0) is 14.0. The van der Waals surface area contributed by atoms with Crippen LogP contribution in [0.4, 0.5) is 0 Å². The maximum atomic E-state index is 12.5. The number of amides is 1. The van der Waals surface area contributed by atoms with Gasteiger partial charge in [-0.25, -0.2) is 9.97 Å². The van der Waals surface area contributed by atoms with Gasteiger partial charge in [-0.3, -0.25) is 4.79 Å². The van der Waals surface area contributed by atoms with Crippen LogP contribution in [0, 0.1) is 0 Å². The van der Waals surface area contributed by atoms with E-state index in [1.165, 1.54) is 6.20 Å². The summed E-state index contributed by atoms with van der Waals surface area (Å²) in [5.41, 5.74) is 0.314. The van der Waals surface area contributed by atoms with Crippen molar-refractivity contribution in [3.05, 3.63) is 22.7 Å². The first-order valence-electron chi connectivity index (χ1n) is 6.54. The minimum atomic E-state index is -0.108. The Kier molecular flexibility index (Phi) is 6.17. The summed E-state index contributed by atoms with van der Waals surface area (Å²) in [6.45, 7) is 8.27. The van der Waals surface area contributed by atoms with Crippen molar-refractivity contribution in [3.8, 4) is 0 Å². The maximum absolute atomic E-state index is 12.5. The van der Waals surface area contributed by atoms with Gasteiger partial charge in [0.1, 0.15) is 5.82 Å². The second-order valence-corrected chi connectivity index (χ2v) is 5.54. The van der Waals surface area contributed by atoms with Gasteiger partial charge >= 0.3 is 0 Å². The van der Waals surface area contributed by atoms with Gasteiger partial charge in [0.05, 0.1) is 11.2 Å². The molecule has 1 N–H and O–H groups in total. The SMILES string of the molecule is CC(C)c1ncc(Cl)c(C(=O)N2CCNC[C@H]2C)n1.Cl. The topological polar surface area (TPSA) is 58.1 Å². The summed E-state index contributed by atoms with van der Waals surface area (Å²) in [6.07, 6.45) is 1.52. The summed E-state index contributed by atoms with van der Waals surface area (Å²) in [7, 11) is 0. The van der Waals surface area contributed by atoms with Crippen LogP contribution in [0.15, 0.2) is 6.20 Å². The number of hydrogen-bond donors (Lipinski definition) is 1. The van der Waals surface area contributed by atoms with Gasteiger partial charge in [0.25, 0.3) is 5.91 Å². The molecule has 0 spiro atoms. The van der Waals surface area contributed by atoms with E-state index in [0.29, 0.717) is 23.1 Å². The van der Waals surface area contributed by atoms with Gasteiger partial charge in [0.15, 0.2) is 5.69 Å². The first-order valence-corrected chi connectivity index (χ1v) is 6.92. The Bertz CT molecular complexity index is 481. The van der Waals surface area contributed by atoms with E-state index in [1.54, 1.807) is 0 Å². The smallest absolute Gasteiger partial charge is 0.274 e. The first kappa shape index (κ1) is 17.1. The molecular weight excluding hydrogens is 299 g/mol. The van der Waals surface area contributed by atoms with Crippen LogP contribution < -0.4 is 5.32 Å². The Balaban J connectivity index is 0.00000200. The largest absolute Gasteiger partial charge is 0.332 e. The molecule has 0 bridgehead atoms. The van der Waals surface area contributed by atoms with Gasteiger partial charge < -0.3 is 10.2 Å². The molecule has 0 aliphatic carbocycles. The van der Waals surface area contributed by atoms with E-state index in [1.807, 2.05) is 25.7 Å². The zero-order valence-corrected chi connectivity index (χ0v) is 13.5. The fourth-order valence-corrected chi connectivity index (χ4v) is 2.26. The molecule has 1 aromatic heterocycles. The molecule has 0 unspecified atom stereocenters. The van der Waals surface area contributed by atoms with Crippen molar-refractivity contribution in [1.82, 2.24) is 20.2 Å². The predicted molar refractivity (Wildman–Crippen MR) is 81.7 cm³/mol. The molecule has 0 saturated carbocycles. The molecule has 1 amide bonds. The number of piperazine rings is 1. The van der Waals surface area contributed by atoms with Crippen LogP contribution in [0.25, 0.3) is 0 Å². The Morgan fingerprint density at radius 3 is 2.85 bits per heavy atom. The van der Waals surface area contributed by atoms with Gasteiger partial charge in [-0.05, 0) is 6.92 Å². The van der Waals surface area contributed by atoms with Crippen molar-refractivity contribution in [2.24, 2.45) is 0 Å². The van der Waals surface area contributed by atoms with E-state index in [2.05, 4.69) is 15.3 Å². The number of rotatable bonds is 2. The Morgan fingerprint density at radius 1 is 1.55 bits per heavy atom. The second-order valence-electron chi connectivity index (χ2n) is 5.13. The highest BCUT2D eigenvalue weighted by molar-refractivity contribution is 6.33. The molecule has 1 fully saturated rings. The van der Waals surface area contributed by atoms with Gasteiger partial charge in [0.2, 0.25) is 0 Å². The molecule has 1 aliphatic rings. The monoisotopic (exact) mass is 318 g/mol. The average Bonchev–Trinajstić information content (AvgIpc) is 2.38. The maximum Gasteiger partial charge on any atom is 0.274 e. The normalized spacial score (nSPS) is 18.9. The standard InChI is InChI=1S/C13H19ClN4O.ClH/c1-8(2)12-16-7-10(14)11(17-12)13(19)18-5-4-15-6-9(18)3;/h7-9,15H,4-6H2,1-3H3;1H/t9-;/m1./s1. The molecule has 1 aliphatic heterocycles. The summed E-state index contributed by atoms with van der Waals surface area (Å²) in [4.78, 5) is 22.8. The Labute approximate surface area is 130 Å². The number of nitrogens with one attached hydrogen (secondary N) is 1. The lowest BCUT2D eigenvalue weighted by atomic mass is 10.2. The first-order chi connectivity index (χ1) is 9.00. The van der Waals surface area contributed by atoms with E-state index in [9.17, 15) is 4.79 Å². The number of aromatic nitrogens is 2. The fourth-order valence-electron chi connectivity index (χ4n) is 2.09. The molecule has 7 heteroatoms. The summed E-state index contributed by atoms with van der Waals surface area (Å²) >= 11 is 6.07. The van der Waals surface area contributed by atoms with Crippen molar-refractivity contribution >= 4 is 29.9 Å². The summed E-state index contributed by atoms with van der Waals surface area (Å²) in [5, 5.41) is 3.57. The Morgan fingerprint density at radius 2 is 2.25 bits per heavy atom. The van der Waals surface area contributed by atoms with Crippen LogP contribution in [-0.2, 0) is 0 Å². The third-order valence-electron chi connectivity index (χ3n) is 3.24. The minimum absolute atomic E-state index is 0. The van der Waals surface area contributed by atoms with Gasteiger partial charge in [-0.2, -0.15) is 0 Å². The molecule has 20 heavy (non-hydrogen) atoms. The van der Waals surface area contributed by atoms with Gasteiger partial charge in [-0.15, -0.1) is 12.4 Å². The highest BCUT2D eigenvalue weighted by atomic mass is 35.5. The van der Waals surface area contributed by atoms with Crippen LogP contribution in [0.2, 0.25) is 5.02 Å². The van der Waals surface area contributed by atoms with Crippen LogP contribution in [-0.4, -0.2) is 46.5 Å². The van der Waals surface area contributed by atoms with Crippen molar-refractivity contribution in [3.63, 3.8) is 0 Å². The molecule has 5 nitrogen and oxygen atoms in total. The Hall–Kier alpha value is -0.910. The predicted octanol–water partition coefficient (Wildman–Crippen LogP) is 2.11. The lowest BCUT2D eigenvalue weighted by molar-refractivity contribution is 0.0649. The number of halogens is 2. The average molecular weight is 319 g/mol. The van der Waals surface area contributed by atoms with E-state index in [0.717, 1.165) is 13.1 Å². The lowest BCUT2D eigenvalue weighted by Crippen LogP contribution is -2.52. The third-order valence-corrected chi connectivity index (χ3v) is 3.52. The molecule has 0 aromatic carbocycles. The van der Waals surface area contributed by atoms with E-state index in [4.69, 9.17) is 11.6 Å². The highest BCUT2D eigenvalue weighted by Gasteiger charge is 2.27. The summed E-state index contributed by atoms with van der Waals surface area (Å²) in [6, 6.07) is 0.148. The molecule has 1 saturated heterocycles. The molecule has 2 rings (SSSR count). The minimum Gasteiger partial charge on any atom is -0.332 e. The second kappa shape index (κ2) is 7.20. The van der Waals surface area contributed by atoms with E-state index in [-0.39, 0.29) is 30.3 Å². The third kappa shape index (κ3) is 3.59. The molecule has 112 valence electrons. The van der Waals surface area contributed by atoms with Gasteiger partial charge in [0, 0.05) is 31.6 Å². The van der Waals surface area contributed by atoms with Crippen LogP contribution in [0.5, 0.6) is 0 Å². The van der Waals surface area contributed by atoms with Crippen molar-refractivity contribution < 1.29 is 4.79 Å². The number of hydrogen-bond acceptors (Lipinski definition) is 4. The highest BCUT2D eigenvalue weighted by Crippen LogP contribution is 2.19. The van der Waals surface area contributed by atoms with Crippen LogP contribution >= 0.6 is 24.0 Å². The number of carbonyl (C=O) groups is 1. The summed E-state index contributed by atoms with van der Waals surface area (Å²) < 4.78 is 0. The summed E-state index contributed by atoms with van der Waals surface area (Å²) in [5.74, 6) is 0.711. The van der Waals surface area contributed by atoms with Crippen molar-refractivity contribution in [1.29, 1.82) is 0 Å². The molecule has 2 heterocycles. The molecule has 1 aromatic rings. The van der Waals surface area contributed by atoms with Crippen molar-refractivity contribution in [2.75, 3.05) is 19.6 Å². The van der Waals surface area contributed by atoms with E-state index < -0.39 is 0 Å². The lowest BCUT2D eigenvalue weighted by Gasteiger charge is -2.33. The van der Waals surface area contributed by atoms with Crippen LogP contribution in [0.3, 0.4) is 0 Å². The zero-order valence-electron chi connectivity index (χ0n) is 11.9. The molecular formula is C13H20Cl2N4O. The van der Waals surface area contributed by atoms with Gasteiger partial charge in [-0.1, -0.05) is 25.4 Å². The number of carbonyl (C=O) groups excluding carboxylic acids is 1. The molecule has 0 radical (unpaired) electrons. The number of nitrogens with zero attached hydrogens (tertiary/aromatic N) is 3. The van der Waals surface area contributed by atoms with E-state index >= 15 is 0 Å². The quantitative estimate of drug-likeness (QED) is 0.907. The van der Waals surface area contributed by atoms with Crippen LogP contribution in [0.1, 0.15) is 43.0 Å². The van der Waals surface area contributed by atoms with Crippen molar-refractivity contribution in [2.45, 2.75) is 32.7 Å².